The molecule has 1 fully saturated rings. The van der Waals surface area contributed by atoms with Crippen molar-refractivity contribution in [3.8, 4) is 22.3 Å². The lowest BCUT2D eigenvalue weighted by Crippen LogP contribution is -2.41. The van der Waals surface area contributed by atoms with Crippen molar-refractivity contribution in [1.82, 2.24) is 18.3 Å². The third kappa shape index (κ3) is 30.5. The number of halogens is 11. The average molecular weight is 2190 g/mol. The summed E-state index contributed by atoms with van der Waals surface area (Å²) in [7, 11) is -8.93. The van der Waals surface area contributed by atoms with Crippen molar-refractivity contribution in [3.63, 3.8) is 0 Å². The highest BCUT2D eigenvalue weighted by Gasteiger charge is 2.53. The Morgan fingerprint density at radius 2 is 0.879 bits per heavy atom. The number of rotatable bonds is 24. The number of carbonyl (C=O) groups excluding carboxylic acids is 2. The van der Waals surface area contributed by atoms with Crippen LogP contribution in [0.2, 0.25) is 0 Å². The molecule has 140 heavy (non-hydrogen) atoms. The van der Waals surface area contributed by atoms with E-state index in [0.29, 0.717) is 78.0 Å². The number of aliphatic imine (C=N–C) groups is 1. The van der Waals surface area contributed by atoms with E-state index in [9.17, 15) is 106 Å². The van der Waals surface area contributed by atoms with Gasteiger partial charge in [-0.3, -0.25) is 42.2 Å². The Bertz CT molecular complexity index is 7060. The predicted molar refractivity (Wildman–Crippen MR) is 543 cm³/mol. The van der Waals surface area contributed by atoms with Crippen LogP contribution in [-0.4, -0.2) is 153 Å². The molecule has 6 atom stereocenters. The highest BCUT2D eigenvalue weighted by Crippen LogP contribution is 2.46. The van der Waals surface area contributed by atoms with Crippen LogP contribution in [0.1, 0.15) is 217 Å². The Morgan fingerprint density at radius 3 is 1.33 bits per heavy atom. The normalized spacial score (nSPS) is 15.5. The molecular weight excluding hydrogens is 2080 g/mol. The van der Waals surface area contributed by atoms with Crippen molar-refractivity contribution in [2.45, 2.75) is 191 Å². The van der Waals surface area contributed by atoms with E-state index >= 15 is 0 Å². The van der Waals surface area contributed by atoms with Gasteiger partial charge >= 0.3 is 19.5 Å². The van der Waals surface area contributed by atoms with E-state index in [1.807, 2.05) is 76.2 Å². The third-order valence-electron chi connectivity index (χ3n) is 22.9. The fourth-order valence-electron chi connectivity index (χ4n) is 13.8. The summed E-state index contributed by atoms with van der Waals surface area (Å²) in [5, 5.41) is 0. The van der Waals surface area contributed by atoms with E-state index in [-0.39, 0.29) is 101 Å². The zero-order valence-corrected chi connectivity index (χ0v) is 89.1. The highest BCUT2D eigenvalue weighted by molar-refractivity contribution is 9.10. The number of ketones is 2. The summed E-state index contributed by atoms with van der Waals surface area (Å²) in [6, 6.07) is 32.1. The van der Waals surface area contributed by atoms with E-state index in [0.717, 1.165) is 33.3 Å². The van der Waals surface area contributed by atoms with Crippen molar-refractivity contribution < 1.29 is 96.3 Å². The Hall–Kier alpha value is -9.59. The number of pyridine rings is 4. The Kier molecular flexibility index (Phi) is 38.0. The summed E-state index contributed by atoms with van der Waals surface area (Å²) in [4.78, 5) is 78.8. The zero-order valence-electron chi connectivity index (χ0n) is 81.0. The second kappa shape index (κ2) is 46.0. The van der Waals surface area contributed by atoms with Gasteiger partial charge in [0.1, 0.15) is 28.4 Å². The molecule has 0 N–H and O–H groups in total. The lowest BCUT2D eigenvalue weighted by atomic mass is 9.73. The molecule has 1 saturated heterocycles. The first-order valence-corrected chi connectivity index (χ1v) is 54.5. The van der Waals surface area contributed by atoms with Gasteiger partial charge in [0.15, 0.2) is 47.1 Å². The first-order chi connectivity index (χ1) is 64.4. The molecule has 23 nitrogen and oxygen atoms in total. The lowest BCUT2D eigenvalue weighted by molar-refractivity contribution is -0.148. The molecule has 12 rings (SSSR count). The number of aromatic nitrogens is 4. The van der Waals surface area contributed by atoms with E-state index in [4.69, 9.17) is 9.31 Å². The monoisotopic (exact) mass is 2190 g/mol. The maximum Gasteiger partial charge on any atom is 0.495 e. The van der Waals surface area contributed by atoms with E-state index in [2.05, 4.69) is 41.3 Å². The molecule has 756 valence electrons. The standard InChI is InChI=1S/C29H34FNO5S2.C24H20F4N2O3S.C22H26BFO5S.C13H17BrF3NO2S.C11H15BrN2O2S/c1-7-38(35,36)18-20-8-13-23(28(33)21-9-11-22(30)12-10-21)25(14-20)26-16-31(6)27(32)15-24(26)19(2)17-37(34)29(3,4)5;1-3-34(32,33)13-14-4-9-17-18(10-14)20-12-30(2)21(31)11-19(20)23(24(26,27)28)29-22(17)15-5-7-16(25)8-6-15;1-6-30(26,27)14-15-7-12-18(20(25)16-8-10-17(24)11-9-16)19(13-15)23-28-21(2,3)22(4,5)29-23;1-12(2,3)21(20)7-9(13(15,16)17)8-5-11(19)18(4)6-10(8)14;1-11(2,3)17(16)13-6-8-5-10(15)14(4)7-9(8)12/h8-16,19H,7,17-18H2,1-6H3;4-12,23H,3,13H2,1-2H3;7-13H,6,14H2,1-5H3;5-6,9H,7H2,1-4H3;5-7H,1-4H3/t19-,37-;23-;;9-,21-;17-/m11.10/s1. The number of nitrogens with zero attached hydrogens (tertiary/aromatic N) is 6. The second-order valence-corrected chi connectivity index (χ2v) is 52.7. The number of hydrogen-bond donors (Lipinski definition) is 0. The van der Waals surface area contributed by atoms with Crippen LogP contribution >= 0.6 is 31.9 Å². The Morgan fingerprint density at radius 1 is 0.486 bits per heavy atom. The number of fused-ring (bicyclic) bond motifs is 3. The Labute approximate surface area is 834 Å². The number of alkyl halides is 6. The molecule has 0 saturated carbocycles. The first kappa shape index (κ1) is 116. The maximum atomic E-state index is 14.2. The van der Waals surface area contributed by atoms with Gasteiger partial charge in [-0.25, -0.2) is 42.6 Å². The fraction of sp³-hybridized carbons (Fsp3) is 0.394. The van der Waals surface area contributed by atoms with Gasteiger partial charge < -0.3 is 27.6 Å². The van der Waals surface area contributed by atoms with Crippen molar-refractivity contribution in [2.75, 3.05) is 28.8 Å². The molecule has 41 heteroatoms. The van der Waals surface area contributed by atoms with Crippen LogP contribution in [0, 0.1) is 17.5 Å². The van der Waals surface area contributed by atoms with E-state index in [1.54, 1.807) is 97.5 Å². The topological polar surface area (TPSA) is 319 Å². The second-order valence-electron chi connectivity index (χ2n) is 37.5. The number of hydrogen-bond acceptors (Lipinski definition) is 18. The van der Waals surface area contributed by atoms with Crippen molar-refractivity contribution in [1.29, 1.82) is 0 Å². The molecule has 4 aromatic heterocycles. The molecule has 0 spiro atoms. The first-order valence-electron chi connectivity index (χ1n) is 43.7. The molecule has 0 unspecified atom stereocenters. The quantitative estimate of drug-likeness (QED) is 0.0235. The van der Waals surface area contributed by atoms with Crippen LogP contribution in [0.5, 0.6) is 0 Å². The SMILES string of the molecule is CCS(=O)(=O)Cc1ccc(C(=O)c2ccc(F)cc2)c(-c2cn(C)c(=O)cc2[C@H](C)C[S@@](=O)C(C)(C)C)c1.CCS(=O)(=O)Cc1ccc(C(=O)c2ccc(F)cc2)c(B2OC(C)(C)C(C)(C)O2)c1.CCS(=O)(=O)Cc1ccc2c(c1)-c1cn(C)c(=O)cc1[C@H](C(F)(F)F)N=C2c1ccc(F)cc1.Cn1cc(Br)c(C=N[S@@](=O)C(C)(C)C)cc1=O.Cn1cc(Br)c([C@@H](C[S@@](=O)C(C)(C)C)C(F)(F)F)cc1=O. The van der Waals surface area contributed by atoms with Gasteiger partial charge in [0.05, 0.1) is 44.8 Å². The molecule has 0 aliphatic carbocycles. The van der Waals surface area contributed by atoms with Crippen molar-refractivity contribution in [3.05, 3.63) is 317 Å². The van der Waals surface area contributed by atoms with Gasteiger partial charge in [0, 0.05) is 208 Å². The summed E-state index contributed by atoms with van der Waals surface area (Å²) in [6.07, 6.45) is -2.05. The van der Waals surface area contributed by atoms with Gasteiger partial charge in [0.2, 0.25) is 0 Å². The van der Waals surface area contributed by atoms with Gasteiger partial charge in [0.25, 0.3) is 22.2 Å². The molecule has 2 aliphatic heterocycles. The van der Waals surface area contributed by atoms with Crippen LogP contribution in [0.25, 0.3) is 22.3 Å². The van der Waals surface area contributed by atoms with Gasteiger partial charge in [-0.05, 0) is 257 Å². The minimum atomic E-state index is -4.82. The molecule has 6 aromatic carbocycles. The van der Waals surface area contributed by atoms with Crippen LogP contribution in [0.3, 0.4) is 0 Å². The largest absolute Gasteiger partial charge is 0.495 e. The van der Waals surface area contributed by atoms with Crippen molar-refractivity contribution >= 4 is 130 Å². The van der Waals surface area contributed by atoms with Crippen molar-refractivity contribution in [2.24, 2.45) is 37.6 Å². The molecular formula is C99H112BBr2F9N6O17S6. The van der Waals surface area contributed by atoms with Crippen LogP contribution < -0.4 is 27.7 Å². The third-order valence-corrected chi connectivity index (χ3v) is 34.7. The predicted octanol–water partition coefficient (Wildman–Crippen LogP) is 18.2. The van der Waals surface area contributed by atoms with E-state index in [1.165, 1.54) is 144 Å². The molecule has 6 heterocycles. The number of carbonyl (C=O) groups is 2. The minimum Gasteiger partial charge on any atom is -0.399 e. The molecule has 10 aromatic rings. The number of sulfone groups is 3. The summed E-state index contributed by atoms with van der Waals surface area (Å²) < 4.78 is 254. The van der Waals surface area contributed by atoms with Gasteiger partial charge in [-0.15, -0.1) is 0 Å². The summed E-state index contributed by atoms with van der Waals surface area (Å²) in [6.45, 7) is 30.2. The van der Waals surface area contributed by atoms with Gasteiger partial charge in [-0.2, -0.15) is 30.7 Å². The average Bonchev–Trinajstić information content (AvgIpc) is 1.68. The molecule has 0 radical (unpaired) electrons. The lowest BCUT2D eigenvalue weighted by Gasteiger charge is -2.32. The highest BCUT2D eigenvalue weighted by atomic mass is 79.9. The van der Waals surface area contributed by atoms with Crippen LogP contribution in [0.15, 0.2) is 214 Å². The number of benzene rings is 6. The minimum absolute atomic E-state index is 0.0229. The molecule has 0 amide bonds. The molecule has 0 bridgehead atoms. The van der Waals surface area contributed by atoms with E-state index < -0.39 is 153 Å². The number of aryl methyl sites for hydroxylation is 4. The fourth-order valence-corrected chi connectivity index (χ4v) is 20.5. The smallest absolute Gasteiger partial charge is 0.399 e. The maximum absolute atomic E-state index is 14.2. The van der Waals surface area contributed by atoms with Crippen LogP contribution in [-0.2, 0) is 117 Å². The Balaban J connectivity index is 0.000000220. The zero-order chi connectivity index (χ0) is 105. The van der Waals surface area contributed by atoms with Crippen LogP contribution in [0.4, 0.5) is 39.5 Å². The summed E-state index contributed by atoms with van der Waals surface area (Å²) in [5.74, 6) is -5.37. The summed E-state index contributed by atoms with van der Waals surface area (Å²) in [5.41, 5.74) is 3.06. The van der Waals surface area contributed by atoms with Gasteiger partial charge in [-0.1, -0.05) is 70.2 Å². The molecule has 2 aliphatic rings. The summed E-state index contributed by atoms with van der Waals surface area (Å²) >= 11 is 6.39.